The van der Waals surface area contributed by atoms with Gasteiger partial charge in [-0.25, -0.2) is 8.42 Å². The van der Waals surface area contributed by atoms with Crippen LogP contribution in [0.2, 0.25) is 0 Å². The van der Waals surface area contributed by atoms with Gasteiger partial charge in [-0.1, -0.05) is 18.2 Å². The highest BCUT2D eigenvalue weighted by Crippen LogP contribution is 2.29. The van der Waals surface area contributed by atoms with E-state index < -0.39 is 15.9 Å². The lowest BCUT2D eigenvalue weighted by Gasteiger charge is -2.35. The molecule has 0 aliphatic carbocycles. The van der Waals surface area contributed by atoms with Gasteiger partial charge >= 0.3 is 0 Å². The molecule has 3 heterocycles. The Morgan fingerprint density at radius 3 is 2.37 bits per heavy atom. The van der Waals surface area contributed by atoms with E-state index in [1.807, 2.05) is 0 Å². The van der Waals surface area contributed by atoms with Gasteiger partial charge in [-0.05, 0) is 43.5 Å². The molecule has 1 aromatic heterocycles. The van der Waals surface area contributed by atoms with Gasteiger partial charge in [0.05, 0.1) is 10.5 Å². The number of piperidine rings is 1. The third-order valence-corrected chi connectivity index (χ3v) is 7.24. The molecule has 2 amide bonds. The summed E-state index contributed by atoms with van der Waals surface area (Å²) in [4.78, 5) is 30.7. The van der Waals surface area contributed by atoms with Crippen molar-refractivity contribution in [1.82, 2.24) is 14.2 Å². The van der Waals surface area contributed by atoms with Gasteiger partial charge in [0.2, 0.25) is 10.0 Å². The fourth-order valence-corrected chi connectivity index (χ4v) is 5.44. The smallest absolute Gasteiger partial charge is 0.270 e. The highest BCUT2D eigenvalue weighted by atomic mass is 32.2. The Hall–Kier alpha value is -2.58. The van der Waals surface area contributed by atoms with E-state index in [9.17, 15) is 18.0 Å². The second kappa shape index (κ2) is 6.54. The molecule has 0 radical (unpaired) electrons. The summed E-state index contributed by atoms with van der Waals surface area (Å²) >= 11 is 0. The molecule has 0 spiro atoms. The van der Waals surface area contributed by atoms with E-state index in [4.69, 9.17) is 0 Å². The van der Waals surface area contributed by atoms with Gasteiger partial charge in [-0.2, -0.15) is 4.31 Å². The van der Waals surface area contributed by atoms with Crippen LogP contribution in [-0.4, -0.2) is 53.6 Å². The summed E-state index contributed by atoms with van der Waals surface area (Å²) in [6.45, 7) is 2.30. The van der Waals surface area contributed by atoms with Crippen molar-refractivity contribution < 1.29 is 18.0 Å². The van der Waals surface area contributed by atoms with E-state index in [1.165, 1.54) is 15.4 Å². The first-order chi connectivity index (χ1) is 12.9. The number of amides is 2. The van der Waals surface area contributed by atoms with E-state index in [1.54, 1.807) is 43.3 Å². The molecule has 1 aromatic carbocycles. The number of hydrogen-bond donors (Lipinski definition) is 0. The number of rotatable bonds is 3. The Labute approximate surface area is 157 Å². The number of aryl methyl sites for hydroxylation is 1. The Bertz CT molecular complexity index is 992. The Morgan fingerprint density at radius 2 is 1.70 bits per heavy atom. The standard InChI is InChI=1S/C19H19N3O4S/c1-13-5-2-3-7-16(13)27(25,26)21-11-8-14(9-12-21)22-18(23)15-6-4-10-20-17(15)19(22)24/h2-7,10,14H,8-9,11-12H2,1H3. The van der Waals surface area contributed by atoms with Gasteiger partial charge in [0.1, 0.15) is 5.69 Å². The van der Waals surface area contributed by atoms with Crippen molar-refractivity contribution in [3.63, 3.8) is 0 Å². The van der Waals surface area contributed by atoms with Gasteiger partial charge in [0.15, 0.2) is 0 Å². The Kier molecular flexibility index (Phi) is 4.32. The van der Waals surface area contributed by atoms with E-state index in [0.717, 1.165) is 0 Å². The van der Waals surface area contributed by atoms with Crippen LogP contribution in [0.25, 0.3) is 0 Å². The largest absolute Gasteiger partial charge is 0.280 e. The van der Waals surface area contributed by atoms with Crippen LogP contribution in [0.4, 0.5) is 0 Å². The molecule has 7 nitrogen and oxygen atoms in total. The summed E-state index contributed by atoms with van der Waals surface area (Å²) in [5.74, 6) is -0.737. The summed E-state index contributed by atoms with van der Waals surface area (Å²) in [7, 11) is -3.59. The fourth-order valence-electron chi connectivity index (χ4n) is 3.74. The molecule has 0 atom stereocenters. The predicted octanol–water partition coefficient (Wildman–Crippen LogP) is 1.84. The lowest BCUT2D eigenvalue weighted by Crippen LogP contribution is -2.48. The Morgan fingerprint density at radius 1 is 1.00 bits per heavy atom. The second-order valence-corrected chi connectivity index (χ2v) is 8.69. The number of carbonyl (C=O) groups excluding carboxylic acids is 2. The first kappa shape index (κ1) is 17.8. The second-order valence-electron chi connectivity index (χ2n) is 6.78. The molecule has 2 aliphatic rings. The zero-order chi connectivity index (χ0) is 19.2. The molecular formula is C19H19N3O4S. The molecule has 4 rings (SSSR count). The molecule has 0 N–H and O–H groups in total. The van der Waals surface area contributed by atoms with Gasteiger partial charge in [-0.3, -0.25) is 19.5 Å². The SMILES string of the molecule is Cc1ccccc1S(=O)(=O)N1CCC(N2C(=O)c3cccnc3C2=O)CC1. The minimum atomic E-state index is -3.59. The van der Waals surface area contributed by atoms with E-state index >= 15 is 0 Å². The fraction of sp³-hybridized carbons (Fsp3) is 0.316. The number of pyridine rings is 1. The maximum atomic E-state index is 12.9. The average Bonchev–Trinajstić information content (AvgIpc) is 2.93. The van der Waals surface area contributed by atoms with Crippen LogP contribution in [-0.2, 0) is 10.0 Å². The number of hydrogen-bond acceptors (Lipinski definition) is 5. The number of benzene rings is 1. The Balaban J connectivity index is 1.51. The molecule has 0 saturated carbocycles. The first-order valence-electron chi connectivity index (χ1n) is 8.80. The van der Waals surface area contributed by atoms with Crippen LogP contribution in [0.5, 0.6) is 0 Å². The normalized spacial score (nSPS) is 18.8. The monoisotopic (exact) mass is 385 g/mol. The van der Waals surface area contributed by atoms with Crippen molar-refractivity contribution in [2.45, 2.75) is 30.7 Å². The van der Waals surface area contributed by atoms with Crippen molar-refractivity contribution in [2.75, 3.05) is 13.1 Å². The van der Waals surface area contributed by atoms with Crippen LogP contribution in [0.15, 0.2) is 47.5 Å². The highest BCUT2D eigenvalue weighted by Gasteiger charge is 2.43. The molecule has 0 bridgehead atoms. The van der Waals surface area contributed by atoms with Gasteiger partial charge < -0.3 is 0 Å². The zero-order valence-corrected chi connectivity index (χ0v) is 15.6. The maximum absolute atomic E-state index is 12.9. The van der Waals surface area contributed by atoms with Gasteiger partial charge in [0.25, 0.3) is 11.8 Å². The number of imide groups is 1. The number of fused-ring (bicyclic) bond motifs is 1. The molecule has 0 unspecified atom stereocenters. The van der Waals surface area contributed by atoms with Crippen LogP contribution < -0.4 is 0 Å². The topological polar surface area (TPSA) is 87.7 Å². The number of carbonyl (C=O) groups is 2. The summed E-state index contributed by atoms with van der Waals surface area (Å²) < 4.78 is 27.3. The third kappa shape index (κ3) is 2.85. The van der Waals surface area contributed by atoms with Crippen molar-refractivity contribution in [3.8, 4) is 0 Å². The molecule has 1 fully saturated rings. The summed E-state index contributed by atoms with van der Waals surface area (Å²) in [6.07, 6.45) is 2.32. The molecule has 2 aliphatic heterocycles. The third-order valence-electron chi connectivity index (χ3n) is 5.18. The zero-order valence-electron chi connectivity index (χ0n) is 14.8. The summed E-state index contributed by atoms with van der Waals surface area (Å²) in [5, 5.41) is 0. The number of sulfonamides is 1. The molecular weight excluding hydrogens is 366 g/mol. The molecule has 2 aromatic rings. The van der Waals surface area contributed by atoms with Crippen LogP contribution in [0, 0.1) is 6.92 Å². The van der Waals surface area contributed by atoms with Crippen molar-refractivity contribution in [2.24, 2.45) is 0 Å². The van der Waals surface area contributed by atoms with E-state index in [-0.39, 0.29) is 30.7 Å². The lowest BCUT2D eigenvalue weighted by atomic mass is 10.1. The molecule has 27 heavy (non-hydrogen) atoms. The number of nitrogens with zero attached hydrogens (tertiary/aromatic N) is 3. The average molecular weight is 385 g/mol. The van der Waals surface area contributed by atoms with Gasteiger partial charge in [0, 0.05) is 25.3 Å². The highest BCUT2D eigenvalue weighted by molar-refractivity contribution is 7.89. The predicted molar refractivity (Wildman–Crippen MR) is 97.7 cm³/mol. The molecule has 1 saturated heterocycles. The van der Waals surface area contributed by atoms with Crippen LogP contribution >= 0.6 is 0 Å². The first-order valence-corrected chi connectivity index (χ1v) is 10.2. The lowest BCUT2D eigenvalue weighted by molar-refractivity contribution is 0.0534. The molecule has 140 valence electrons. The minimum Gasteiger partial charge on any atom is -0.270 e. The maximum Gasteiger partial charge on any atom is 0.280 e. The summed E-state index contributed by atoms with van der Waals surface area (Å²) in [6, 6.07) is 9.79. The van der Waals surface area contributed by atoms with E-state index in [2.05, 4.69) is 4.98 Å². The van der Waals surface area contributed by atoms with E-state index in [0.29, 0.717) is 28.9 Å². The van der Waals surface area contributed by atoms with Crippen molar-refractivity contribution >= 4 is 21.8 Å². The van der Waals surface area contributed by atoms with Crippen molar-refractivity contribution in [1.29, 1.82) is 0 Å². The molecule has 8 heteroatoms. The van der Waals surface area contributed by atoms with Crippen LogP contribution in [0.1, 0.15) is 39.3 Å². The van der Waals surface area contributed by atoms with Gasteiger partial charge in [-0.15, -0.1) is 0 Å². The van der Waals surface area contributed by atoms with Crippen molar-refractivity contribution in [3.05, 3.63) is 59.4 Å². The quantitative estimate of drug-likeness (QED) is 0.753. The summed E-state index contributed by atoms with van der Waals surface area (Å²) in [5.41, 5.74) is 1.20. The minimum absolute atomic E-state index is 0.178. The number of aromatic nitrogens is 1. The van der Waals surface area contributed by atoms with Crippen LogP contribution in [0.3, 0.4) is 0 Å².